The highest BCUT2D eigenvalue weighted by atomic mass is 16.5. The van der Waals surface area contributed by atoms with E-state index in [2.05, 4.69) is 15.5 Å². The molecule has 10 nitrogen and oxygen atoms in total. The van der Waals surface area contributed by atoms with Crippen LogP contribution >= 0.6 is 0 Å². The number of anilines is 1. The van der Waals surface area contributed by atoms with Crippen LogP contribution in [0.25, 0.3) is 0 Å². The molecule has 2 aromatic rings. The van der Waals surface area contributed by atoms with Crippen LogP contribution in [0.4, 0.5) is 5.69 Å². The summed E-state index contributed by atoms with van der Waals surface area (Å²) in [5.74, 6) is -0.961. The summed E-state index contributed by atoms with van der Waals surface area (Å²) in [6.07, 6.45) is 0.261. The number of nitrogens with two attached hydrogens (primary N) is 1. The van der Waals surface area contributed by atoms with Crippen molar-refractivity contribution in [1.29, 1.82) is 0 Å². The molecule has 0 spiro atoms. The van der Waals surface area contributed by atoms with Gasteiger partial charge in [0.2, 0.25) is 5.91 Å². The van der Waals surface area contributed by atoms with Crippen LogP contribution < -0.4 is 25.8 Å². The first-order chi connectivity index (χ1) is 16.8. The molecular formula is C25H30N4O6. The summed E-state index contributed by atoms with van der Waals surface area (Å²) in [6, 6.07) is 12.6. The van der Waals surface area contributed by atoms with Crippen molar-refractivity contribution >= 4 is 23.4 Å². The van der Waals surface area contributed by atoms with Gasteiger partial charge in [-0.25, -0.2) is 0 Å². The molecule has 2 aliphatic rings. The van der Waals surface area contributed by atoms with Crippen molar-refractivity contribution in [2.45, 2.75) is 24.4 Å². The summed E-state index contributed by atoms with van der Waals surface area (Å²) in [4.78, 5) is 38.5. The molecular weight excluding hydrogens is 452 g/mol. The predicted octanol–water partition coefficient (Wildman–Crippen LogP) is 0.562. The average molecular weight is 483 g/mol. The molecule has 3 atom stereocenters. The number of fused-ring (bicyclic) bond motifs is 1. The van der Waals surface area contributed by atoms with Gasteiger partial charge in [-0.2, -0.15) is 0 Å². The van der Waals surface area contributed by atoms with Crippen LogP contribution in [0.2, 0.25) is 0 Å². The zero-order chi connectivity index (χ0) is 24.9. The lowest BCUT2D eigenvalue weighted by Gasteiger charge is -2.31. The maximum Gasteiger partial charge on any atom is 0.262 e. The van der Waals surface area contributed by atoms with Gasteiger partial charge in [0, 0.05) is 32.6 Å². The molecule has 3 amide bonds. The standard InChI is InChI=1S/C25H30N4O6/c1-27-25(33)24(16-5-6-21-20(10-16)28-23(32)14-35-21)19(12-29-8-7-17(30)11-29)15-3-2-4-18(9-15)34-13-22(26)31/h2-6,9-10,17,19,24,30H,7-8,11-14H2,1H3,(H2,26,31)(H,27,33)(H,28,32)/t17-,19+,24?/m0/s1. The van der Waals surface area contributed by atoms with E-state index < -0.39 is 17.9 Å². The number of β-amino-alcohol motifs (C(OH)–C–C–N with tert-alkyl or cyclic N) is 1. The number of aliphatic hydroxyl groups excluding tert-OH is 1. The smallest absolute Gasteiger partial charge is 0.262 e. The SMILES string of the molecule is CNC(=O)C(c1ccc2c(c1)NC(=O)CO2)[C@H](CN1CC[C@H](O)C1)c1cccc(OCC(N)=O)c1. The lowest BCUT2D eigenvalue weighted by Crippen LogP contribution is -2.36. The largest absolute Gasteiger partial charge is 0.484 e. The number of carbonyl (C=O) groups excluding carboxylic acids is 3. The van der Waals surface area contributed by atoms with Crippen LogP contribution in [0.5, 0.6) is 11.5 Å². The summed E-state index contributed by atoms with van der Waals surface area (Å²) in [5, 5.41) is 15.7. The van der Waals surface area contributed by atoms with Crippen LogP contribution in [0.15, 0.2) is 42.5 Å². The Hall–Kier alpha value is -3.63. The number of rotatable bonds is 9. The van der Waals surface area contributed by atoms with Crippen molar-refractivity contribution < 1.29 is 29.0 Å². The summed E-state index contributed by atoms with van der Waals surface area (Å²) in [5.41, 5.74) is 7.28. The number of aliphatic hydroxyl groups is 1. The maximum atomic E-state index is 13.3. The Bertz CT molecular complexity index is 1110. The highest BCUT2D eigenvalue weighted by Gasteiger charge is 2.35. The van der Waals surface area contributed by atoms with E-state index in [9.17, 15) is 19.5 Å². The minimum atomic E-state index is -0.617. The molecule has 0 aliphatic carbocycles. The van der Waals surface area contributed by atoms with E-state index in [1.807, 2.05) is 12.1 Å². The van der Waals surface area contributed by atoms with Crippen LogP contribution in [0.3, 0.4) is 0 Å². The molecule has 1 fully saturated rings. The van der Waals surface area contributed by atoms with Crippen molar-refractivity contribution in [3.8, 4) is 11.5 Å². The Morgan fingerprint density at radius 2 is 2.11 bits per heavy atom. The van der Waals surface area contributed by atoms with Crippen LogP contribution in [0, 0.1) is 0 Å². The minimum Gasteiger partial charge on any atom is -0.484 e. The third-order valence-corrected chi connectivity index (χ3v) is 6.30. The first kappa shape index (κ1) is 24.5. The van der Waals surface area contributed by atoms with Crippen molar-refractivity contribution in [3.05, 3.63) is 53.6 Å². The van der Waals surface area contributed by atoms with E-state index in [1.54, 1.807) is 37.4 Å². The van der Waals surface area contributed by atoms with Gasteiger partial charge in [-0.05, 0) is 41.8 Å². The Morgan fingerprint density at radius 3 is 2.83 bits per heavy atom. The topological polar surface area (TPSA) is 143 Å². The molecule has 10 heteroatoms. The zero-order valence-corrected chi connectivity index (χ0v) is 19.5. The number of primary amides is 1. The van der Waals surface area contributed by atoms with Gasteiger partial charge in [0.05, 0.1) is 17.7 Å². The molecule has 186 valence electrons. The molecule has 2 heterocycles. The lowest BCUT2D eigenvalue weighted by molar-refractivity contribution is -0.123. The van der Waals surface area contributed by atoms with Gasteiger partial charge in [0.1, 0.15) is 11.5 Å². The molecule has 0 radical (unpaired) electrons. The van der Waals surface area contributed by atoms with Crippen molar-refractivity contribution in [2.75, 3.05) is 45.2 Å². The van der Waals surface area contributed by atoms with E-state index in [-0.39, 0.29) is 30.9 Å². The summed E-state index contributed by atoms with van der Waals surface area (Å²) >= 11 is 0. The number of benzene rings is 2. The molecule has 0 saturated carbocycles. The van der Waals surface area contributed by atoms with Crippen molar-refractivity contribution in [3.63, 3.8) is 0 Å². The maximum absolute atomic E-state index is 13.3. The quantitative estimate of drug-likeness (QED) is 0.409. The molecule has 35 heavy (non-hydrogen) atoms. The first-order valence-corrected chi connectivity index (χ1v) is 11.5. The lowest BCUT2D eigenvalue weighted by atomic mass is 9.80. The Labute approximate surface area is 203 Å². The van der Waals surface area contributed by atoms with E-state index in [0.717, 1.165) is 5.56 Å². The normalized spacial score (nSPS) is 19.1. The van der Waals surface area contributed by atoms with Gasteiger partial charge in [0.15, 0.2) is 13.2 Å². The summed E-state index contributed by atoms with van der Waals surface area (Å²) in [6.45, 7) is 1.43. The second-order valence-corrected chi connectivity index (χ2v) is 8.82. The molecule has 1 unspecified atom stereocenters. The summed E-state index contributed by atoms with van der Waals surface area (Å²) in [7, 11) is 1.59. The second kappa shape index (κ2) is 10.7. The molecule has 2 aliphatic heterocycles. The van der Waals surface area contributed by atoms with E-state index in [4.69, 9.17) is 15.2 Å². The molecule has 2 aromatic carbocycles. The highest BCUT2D eigenvalue weighted by molar-refractivity contribution is 5.96. The molecule has 5 N–H and O–H groups in total. The second-order valence-electron chi connectivity index (χ2n) is 8.82. The highest BCUT2D eigenvalue weighted by Crippen LogP contribution is 2.39. The van der Waals surface area contributed by atoms with Gasteiger partial charge < -0.3 is 35.8 Å². The monoisotopic (exact) mass is 482 g/mol. The fourth-order valence-electron chi connectivity index (χ4n) is 4.66. The Balaban J connectivity index is 1.73. The van der Waals surface area contributed by atoms with Crippen molar-refractivity contribution in [2.24, 2.45) is 5.73 Å². The van der Waals surface area contributed by atoms with E-state index in [1.165, 1.54) is 0 Å². The van der Waals surface area contributed by atoms with Gasteiger partial charge >= 0.3 is 0 Å². The van der Waals surface area contributed by atoms with E-state index in [0.29, 0.717) is 48.8 Å². The van der Waals surface area contributed by atoms with Gasteiger partial charge in [-0.1, -0.05) is 18.2 Å². The van der Waals surface area contributed by atoms with Gasteiger partial charge in [-0.15, -0.1) is 0 Å². The Kier molecular flexibility index (Phi) is 7.52. The fraction of sp³-hybridized carbons (Fsp3) is 0.400. The van der Waals surface area contributed by atoms with Crippen LogP contribution in [-0.2, 0) is 14.4 Å². The minimum absolute atomic E-state index is 0.0524. The fourth-order valence-corrected chi connectivity index (χ4v) is 4.66. The molecule has 4 rings (SSSR count). The number of carbonyl (C=O) groups is 3. The van der Waals surface area contributed by atoms with Crippen LogP contribution in [0.1, 0.15) is 29.4 Å². The third kappa shape index (κ3) is 5.90. The van der Waals surface area contributed by atoms with Crippen LogP contribution in [-0.4, -0.2) is 73.7 Å². The predicted molar refractivity (Wildman–Crippen MR) is 128 cm³/mol. The molecule has 0 aromatic heterocycles. The number of nitrogens with zero attached hydrogens (tertiary/aromatic N) is 1. The number of amides is 3. The third-order valence-electron chi connectivity index (χ3n) is 6.30. The Morgan fingerprint density at radius 1 is 1.29 bits per heavy atom. The number of likely N-dealkylation sites (N-methyl/N-ethyl adjacent to an activating group) is 1. The van der Waals surface area contributed by atoms with Crippen molar-refractivity contribution in [1.82, 2.24) is 10.2 Å². The molecule has 1 saturated heterocycles. The number of ether oxygens (including phenoxy) is 2. The van der Waals surface area contributed by atoms with E-state index >= 15 is 0 Å². The zero-order valence-electron chi connectivity index (χ0n) is 19.5. The van der Waals surface area contributed by atoms with Gasteiger partial charge in [-0.3, -0.25) is 14.4 Å². The average Bonchev–Trinajstić information content (AvgIpc) is 3.26. The molecule has 0 bridgehead atoms. The number of hydrogen-bond acceptors (Lipinski definition) is 7. The number of likely N-dealkylation sites (tertiary alicyclic amines) is 1. The number of hydrogen-bond donors (Lipinski definition) is 4. The number of nitrogens with one attached hydrogen (secondary N) is 2. The summed E-state index contributed by atoms with van der Waals surface area (Å²) < 4.78 is 11.0. The van der Waals surface area contributed by atoms with Gasteiger partial charge in [0.25, 0.3) is 11.8 Å². The first-order valence-electron chi connectivity index (χ1n) is 11.5.